The van der Waals surface area contributed by atoms with Crippen LogP contribution < -0.4 is 0 Å². The molecule has 0 radical (unpaired) electrons. The van der Waals surface area contributed by atoms with Crippen LogP contribution in [-0.4, -0.2) is 38.3 Å². The van der Waals surface area contributed by atoms with Crippen molar-refractivity contribution in [3.8, 4) is 0 Å². The van der Waals surface area contributed by atoms with Gasteiger partial charge in [0.2, 0.25) is 5.91 Å². The lowest BCUT2D eigenvalue weighted by molar-refractivity contribution is -0.146. The molecule has 2 atom stereocenters. The molecule has 6 heteroatoms. The van der Waals surface area contributed by atoms with Crippen LogP contribution in [0.15, 0.2) is 11.3 Å². The molecule has 5 nitrogen and oxygen atoms in total. The molecule has 1 fully saturated rings. The third kappa shape index (κ3) is 1.44. The molecule has 2 unspecified atom stereocenters. The van der Waals surface area contributed by atoms with E-state index in [0.29, 0.717) is 6.42 Å². The van der Waals surface area contributed by atoms with Crippen molar-refractivity contribution >= 4 is 29.4 Å². The molecule has 86 valence electrons. The highest BCUT2D eigenvalue weighted by molar-refractivity contribution is 8.00. The molecular formula is C10H11NO4S. The van der Waals surface area contributed by atoms with Gasteiger partial charge in [0.1, 0.15) is 5.70 Å². The number of carbonyl (C=O) groups is 3. The first kappa shape index (κ1) is 11.2. The monoisotopic (exact) mass is 241 g/mol. The molecule has 1 saturated heterocycles. The molecular weight excluding hydrogens is 230 g/mol. The number of hydrogen-bond donors (Lipinski definition) is 1. The maximum Gasteiger partial charge on any atom is 0.353 e. The van der Waals surface area contributed by atoms with Crippen LogP contribution in [0.1, 0.15) is 20.3 Å². The van der Waals surface area contributed by atoms with Gasteiger partial charge in [-0.1, -0.05) is 0 Å². The lowest BCUT2D eigenvalue weighted by Gasteiger charge is -2.45. The minimum absolute atomic E-state index is 0.114. The van der Waals surface area contributed by atoms with Gasteiger partial charge in [-0.25, -0.2) is 4.79 Å². The van der Waals surface area contributed by atoms with Crippen LogP contribution >= 0.6 is 11.8 Å². The number of nitrogens with zero attached hydrogens (tertiary/aromatic N) is 1. The molecule has 2 aliphatic rings. The van der Waals surface area contributed by atoms with Crippen LogP contribution in [0.4, 0.5) is 0 Å². The molecule has 0 saturated carbocycles. The van der Waals surface area contributed by atoms with Crippen LogP contribution in [0, 0.1) is 0 Å². The summed E-state index contributed by atoms with van der Waals surface area (Å²) in [5.41, 5.74) is 0.113. The maximum absolute atomic E-state index is 11.4. The molecule has 0 bridgehead atoms. The average Bonchev–Trinajstić information content (AvgIpc) is 2.14. The number of β-lactam (4-membered cyclic amide) rings is 1. The van der Waals surface area contributed by atoms with E-state index in [4.69, 9.17) is 5.11 Å². The zero-order valence-electron chi connectivity index (χ0n) is 8.89. The van der Waals surface area contributed by atoms with Crippen molar-refractivity contribution in [2.24, 2.45) is 0 Å². The summed E-state index contributed by atoms with van der Waals surface area (Å²) in [6.45, 7) is 3.13. The van der Waals surface area contributed by atoms with E-state index in [9.17, 15) is 14.4 Å². The van der Waals surface area contributed by atoms with E-state index in [2.05, 4.69) is 0 Å². The first-order chi connectivity index (χ1) is 7.43. The number of fused-ring (bicyclic) bond motifs is 1. The number of carbonyl (C=O) groups excluding carboxylic acids is 2. The third-order valence-electron chi connectivity index (χ3n) is 2.75. The van der Waals surface area contributed by atoms with Gasteiger partial charge in [0.15, 0.2) is 5.78 Å². The minimum Gasteiger partial charge on any atom is -0.477 e. The van der Waals surface area contributed by atoms with Crippen molar-refractivity contribution in [1.82, 2.24) is 4.90 Å². The fourth-order valence-corrected chi connectivity index (χ4v) is 3.53. The topological polar surface area (TPSA) is 74.7 Å². The molecule has 2 rings (SSSR count). The fourth-order valence-electron chi connectivity index (χ4n) is 2.06. The Labute approximate surface area is 96.5 Å². The highest BCUT2D eigenvalue weighted by Crippen LogP contribution is 2.43. The highest BCUT2D eigenvalue weighted by atomic mass is 32.2. The summed E-state index contributed by atoms with van der Waals surface area (Å²) < 4.78 is 0. The SMILES string of the molecule is CC(=O)C1=C(C(=O)O)N2C(=O)CC2SC1C. The van der Waals surface area contributed by atoms with Crippen molar-refractivity contribution in [1.29, 1.82) is 0 Å². The average molecular weight is 241 g/mol. The molecule has 1 amide bonds. The summed E-state index contributed by atoms with van der Waals surface area (Å²) in [6, 6.07) is 0. The summed E-state index contributed by atoms with van der Waals surface area (Å²) in [5.74, 6) is -1.70. The summed E-state index contributed by atoms with van der Waals surface area (Å²) >= 11 is 1.46. The lowest BCUT2D eigenvalue weighted by Crippen LogP contribution is -2.55. The number of ketones is 1. The van der Waals surface area contributed by atoms with E-state index >= 15 is 0 Å². The highest BCUT2D eigenvalue weighted by Gasteiger charge is 2.48. The van der Waals surface area contributed by atoms with Crippen LogP contribution in [0.25, 0.3) is 0 Å². The number of hydrogen-bond acceptors (Lipinski definition) is 4. The second-order valence-corrected chi connectivity index (χ2v) is 5.35. The largest absolute Gasteiger partial charge is 0.477 e. The van der Waals surface area contributed by atoms with Crippen molar-refractivity contribution in [2.45, 2.75) is 30.9 Å². The molecule has 2 heterocycles. The normalized spacial score (nSPS) is 28.6. The quantitative estimate of drug-likeness (QED) is 0.717. The smallest absolute Gasteiger partial charge is 0.353 e. The van der Waals surface area contributed by atoms with Crippen LogP contribution in [0.2, 0.25) is 0 Å². The molecule has 0 spiro atoms. The molecule has 1 N–H and O–H groups in total. The van der Waals surface area contributed by atoms with Gasteiger partial charge in [-0.2, -0.15) is 0 Å². The second kappa shape index (κ2) is 3.62. The molecule has 0 aromatic carbocycles. The Morgan fingerprint density at radius 1 is 1.50 bits per heavy atom. The van der Waals surface area contributed by atoms with E-state index in [1.54, 1.807) is 6.92 Å². The molecule has 0 aromatic rings. The Hall–Kier alpha value is -1.30. The summed E-state index contributed by atoms with van der Waals surface area (Å²) in [6.07, 6.45) is 0.358. The van der Waals surface area contributed by atoms with E-state index < -0.39 is 5.97 Å². The van der Waals surface area contributed by atoms with Gasteiger partial charge in [-0.15, -0.1) is 11.8 Å². The van der Waals surface area contributed by atoms with E-state index in [1.807, 2.05) is 0 Å². The number of rotatable bonds is 2. The van der Waals surface area contributed by atoms with Crippen LogP contribution in [-0.2, 0) is 14.4 Å². The summed E-state index contributed by atoms with van der Waals surface area (Å²) in [7, 11) is 0. The van der Waals surface area contributed by atoms with Gasteiger partial charge >= 0.3 is 5.97 Å². The molecule has 16 heavy (non-hydrogen) atoms. The Bertz CT molecular complexity index is 429. The van der Waals surface area contributed by atoms with Gasteiger partial charge in [-0.3, -0.25) is 14.5 Å². The molecule has 0 aliphatic carbocycles. The Balaban J connectivity index is 2.53. The number of thioether (sulfide) groups is 1. The Morgan fingerprint density at radius 3 is 2.56 bits per heavy atom. The first-order valence-corrected chi connectivity index (χ1v) is 5.83. The predicted octanol–water partition coefficient (Wildman–Crippen LogP) is 0.608. The number of aliphatic carboxylic acids is 1. The number of amides is 1. The van der Waals surface area contributed by atoms with Crippen LogP contribution in [0.5, 0.6) is 0 Å². The lowest BCUT2D eigenvalue weighted by atomic mass is 10.0. The zero-order chi connectivity index (χ0) is 12.0. The number of carboxylic acid groups (broad SMARTS) is 1. The van der Waals surface area contributed by atoms with Gasteiger partial charge in [0, 0.05) is 10.8 Å². The fraction of sp³-hybridized carbons (Fsp3) is 0.500. The summed E-state index contributed by atoms with van der Waals surface area (Å²) in [4.78, 5) is 35.2. The maximum atomic E-state index is 11.4. The van der Waals surface area contributed by atoms with Gasteiger partial charge < -0.3 is 5.11 Å². The van der Waals surface area contributed by atoms with E-state index in [1.165, 1.54) is 23.6 Å². The third-order valence-corrected chi connectivity index (χ3v) is 4.09. The molecule has 2 aliphatic heterocycles. The Morgan fingerprint density at radius 2 is 2.12 bits per heavy atom. The van der Waals surface area contributed by atoms with Gasteiger partial charge in [-0.05, 0) is 13.8 Å². The van der Waals surface area contributed by atoms with Crippen molar-refractivity contribution in [3.63, 3.8) is 0 Å². The van der Waals surface area contributed by atoms with Gasteiger partial charge in [0.25, 0.3) is 0 Å². The predicted molar refractivity (Wildman–Crippen MR) is 57.6 cm³/mol. The van der Waals surface area contributed by atoms with Crippen molar-refractivity contribution in [2.75, 3.05) is 0 Å². The number of carboxylic acids is 1. The van der Waals surface area contributed by atoms with Crippen molar-refractivity contribution in [3.05, 3.63) is 11.3 Å². The van der Waals surface area contributed by atoms with Crippen LogP contribution in [0.3, 0.4) is 0 Å². The van der Waals surface area contributed by atoms with E-state index in [-0.39, 0.29) is 33.6 Å². The second-order valence-electron chi connectivity index (χ2n) is 3.82. The standard InChI is InChI=1S/C10H11NO4S/c1-4(12)8-5(2)16-7-3-6(13)11(7)9(8)10(14)15/h5,7H,3H2,1-2H3,(H,14,15). The number of Topliss-reactive ketones (excluding diaryl/α,β-unsaturated/α-hetero) is 1. The first-order valence-electron chi connectivity index (χ1n) is 4.89. The van der Waals surface area contributed by atoms with E-state index in [0.717, 1.165) is 0 Å². The van der Waals surface area contributed by atoms with Gasteiger partial charge in [0.05, 0.1) is 11.8 Å². The Kier molecular flexibility index (Phi) is 2.53. The zero-order valence-corrected chi connectivity index (χ0v) is 9.71. The minimum atomic E-state index is -1.20. The van der Waals surface area contributed by atoms with Crippen molar-refractivity contribution < 1.29 is 19.5 Å². The summed E-state index contributed by atoms with van der Waals surface area (Å²) in [5, 5.41) is 8.82. The molecule has 0 aromatic heterocycles.